The number of carbonyl (C=O) groups excluding carboxylic acids is 1. The van der Waals surface area contributed by atoms with E-state index in [-0.39, 0.29) is 17.7 Å². The van der Waals surface area contributed by atoms with E-state index in [9.17, 15) is 4.79 Å². The van der Waals surface area contributed by atoms with Gasteiger partial charge in [0.2, 0.25) is 0 Å². The molecule has 0 bridgehead atoms. The molecule has 1 aromatic rings. The molecule has 15 heavy (non-hydrogen) atoms. The lowest BCUT2D eigenvalue weighted by molar-refractivity contribution is -0.115. The Hall–Kier alpha value is -1.48. The smallest absolute Gasteiger partial charge is 0.187 e. The molecule has 2 atom stereocenters. The van der Waals surface area contributed by atoms with Gasteiger partial charge in [-0.25, -0.2) is 0 Å². The molecule has 0 aliphatic carbocycles. The molecule has 0 amide bonds. The van der Waals surface area contributed by atoms with E-state index in [1.54, 1.807) is 0 Å². The highest BCUT2D eigenvalue weighted by Gasteiger charge is 2.40. The van der Waals surface area contributed by atoms with E-state index >= 15 is 0 Å². The lowest BCUT2D eigenvalue weighted by Gasteiger charge is -2.02. The summed E-state index contributed by atoms with van der Waals surface area (Å²) in [6.45, 7) is 1.62. The molecule has 76 valence electrons. The number of ketones is 1. The molecular weight excluding hydrogens is 188 g/mol. The summed E-state index contributed by atoms with van der Waals surface area (Å²) in [6, 6.07) is 9.91. The fourth-order valence-electron chi connectivity index (χ4n) is 2.29. The van der Waals surface area contributed by atoms with Crippen molar-refractivity contribution in [2.24, 2.45) is 10.9 Å². The first-order valence-corrected chi connectivity index (χ1v) is 5.24. The number of hydrogen-bond donors (Lipinski definition) is 1. The van der Waals surface area contributed by atoms with Gasteiger partial charge in [-0.1, -0.05) is 30.3 Å². The van der Waals surface area contributed by atoms with Crippen molar-refractivity contribution in [3.05, 3.63) is 35.9 Å². The van der Waals surface area contributed by atoms with Crippen LogP contribution in [0.4, 0.5) is 0 Å². The zero-order valence-corrected chi connectivity index (χ0v) is 8.31. The van der Waals surface area contributed by atoms with E-state index in [2.05, 4.69) is 10.3 Å². The molecule has 0 radical (unpaired) electrons. The third kappa shape index (κ3) is 1.31. The summed E-state index contributed by atoms with van der Waals surface area (Å²) in [7, 11) is 0. The zero-order chi connectivity index (χ0) is 10.3. The third-order valence-electron chi connectivity index (χ3n) is 3.09. The number of hydrogen-bond acceptors (Lipinski definition) is 3. The van der Waals surface area contributed by atoms with Gasteiger partial charge in [-0.2, -0.15) is 0 Å². The molecule has 1 aromatic carbocycles. The standard InChI is InChI=1S/C12H12N2O/c15-12-9-6-13-7-10(9)14-11(12)8-4-2-1-3-5-8/h1-5,9-10,13H,6-7H2. The molecule has 2 aliphatic heterocycles. The predicted molar refractivity (Wildman–Crippen MR) is 58.1 cm³/mol. The second-order valence-electron chi connectivity index (χ2n) is 4.04. The van der Waals surface area contributed by atoms with Gasteiger partial charge in [-0.15, -0.1) is 0 Å². The van der Waals surface area contributed by atoms with Crippen molar-refractivity contribution in [1.82, 2.24) is 5.32 Å². The summed E-state index contributed by atoms with van der Waals surface area (Å²) in [5.41, 5.74) is 1.63. The molecule has 3 rings (SSSR count). The molecule has 1 fully saturated rings. The molecule has 0 aromatic heterocycles. The second kappa shape index (κ2) is 3.28. The van der Waals surface area contributed by atoms with Gasteiger partial charge in [0.15, 0.2) is 5.78 Å². The number of benzene rings is 1. The molecule has 2 heterocycles. The van der Waals surface area contributed by atoms with Gasteiger partial charge in [0, 0.05) is 18.7 Å². The van der Waals surface area contributed by atoms with E-state index in [1.807, 2.05) is 30.3 Å². The molecule has 2 aliphatic rings. The zero-order valence-electron chi connectivity index (χ0n) is 8.31. The molecule has 0 spiro atoms. The molecule has 2 unspecified atom stereocenters. The molecule has 3 heteroatoms. The average molecular weight is 200 g/mol. The summed E-state index contributed by atoms with van der Waals surface area (Å²) in [5, 5.41) is 3.20. The third-order valence-corrected chi connectivity index (χ3v) is 3.09. The van der Waals surface area contributed by atoms with Crippen molar-refractivity contribution in [2.75, 3.05) is 13.1 Å². The Morgan fingerprint density at radius 1 is 1.20 bits per heavy atom. The van der Waals surface area contributed by atoms with Crippen LogP contribution < -0.4 is 5.32 Å². The molecule has 1 saturated heterocycles. The Morgan fingerprint density at radius 2 is 2.00 bits per heavy atom. The van der Waals surface area contributed by atoms with Crippen LogP contribution >= 0.6 is 0 Å². The molecule has 0 saturated carbocycles. The number of carbonyl (C=O) groups is 1. The van der Waals surface area contributed by atoms with Crippen molar-refractivity contribution >= 4 is 11.5 Å². The van der Waals surface area contributed by atoms with Crippen molar-refractivity contribution < 1.29 is 4.79 Å². The van der Waals surface area contributed by atoms with Crippen molar-refractivity contribution in [1.29, 1.82) is 0 Å². The SMILES string of the molecule is O=C1C(c2ccccc2)=NC2CNCC12. The maximum Gasteiger partial charge on any atom is 0.187 e. The van der Waals surface area contributed by atoms with E-state index in [0.717, 1.165) is 18.7 Å². The first-order chi connectivity index (χ1) is 7.36. The Kier molecular flexibility index (Phi) is 1.92. The van der Waals surface area contributed by atoms with Gasteiger partial charge in [-0.05, 0) is 0 Å². The molecule has 1 N–H and O–H groups in total. The number of rotatable bonds is 1. The van der Waals surface area contributed by atoms with Crippen LogP contribution in [0, 0.1) is 5.92 Å². The fraction of sp³-hybridized carbons (Fsp3) is 0.333. The topological polar surface area (TPSA) is 41.5 Å². The normalized spacial score (nSPS) is 29.1. The summed E-state index contributed by atoms with van der Waals surface area (Å²) in [5.74, 6) is 0.288. The van der Waals surface area contributed by atoms with Crippen molar-refractivity contribution in [3.8, 4) is 0 Å². The van der Waals surface area contributed by atoms with Gasteiger partial charge < -0.3 is 5.32 Å². The summed E-state index contributed by atoms with van der Waals surface area (Å²) >= 11 is 0. The van der Waals surface area contributed by atoms with Crippen LogP contribution in [0.2, 0.25) is 0 Å². The predicted octanol–water partition coefficient (Wildman–Crippen LogP) is 0.646. The van der Waals surface area contributed by atoms with Gasteiger partial charge in [0.25, 0.3) is 0 Å². The van der Waals surface area contributed by atoms with Crippen molar-refractivity contribution in [2.45, 2.75) is 6.04 Å². The number of nitrogens with zero attached hydrogens (tertiary/aromatic N) is 1. The Balaban J connectivity index is 1.98. The highest BCUT2D eigenvalue weighted by Crippen LogP contribution is 2.24. The van der Waals surface area contributed by atoms with E-state index in [4.69, 9.17) is 0 Å². The van der Waals surface area contributed by atoms with E-state index < -0.39 is 0 Å². The lowest BCUT2D eigenvalue weighted by atomic mass is 9.97. The first-order valence-electron chi connectivity index (χ1n) is 5.24. The van der Waals surface area contributed by atoms with Gasteiger partial charge >= 0.3 is 0 Å². The van der Waals surface area contributed by atoms with Crippen LogP contribution in [0.25, 0.3) is 0 Å². The largest absolute Gasteiger partial charge is 0.314 e. The van der Waals surface area contributed by atoms with Crippen LogP contribution in [0.15, 0.2) is 35.3 Å². The maximum atomic E-state index is 12.0. The van der Waals surface area contributed by atoms with Crippen LogP contribution in [0.1, 0.15) is 5.56 Å². The highest BCUT2D eigenvalue weighted by molar-refractivity contribution is 6.48. The molecule has 3 nitrogen and oxygen atoms in total. The lowest BCUT2D eigenvalue weighted by Crippen LogP contribution is -2.23. The van der Waals surface area contributed by atoms with E-state index in [0.29, 0.717) is 5.71 Å². The minimum absolute atomic E-state index is 0.0835. The Morgan fingerprint density at radius 3 is 2.73 bits per heavy atom. The van der Waals surface area contributed by atoms with Crippen LogP contribution in [-0.2, 0) is 4.79 Å². The number of aliphatic imine (C=N–C) groups is 1. The summed E-state index contributed by atoms with van der Waals surface area (Å²) in [6.07, 6.45) is 0. The summed E-state index contributed by atoms with van der Waals surface area (Å²) < 4.78 is 0. The van der Waals surface area contributed by atoms with Crippen molar-refractivity contribution in [3.63, 3.8) is 0 Å². The minimum atomic E-state index is 0.0835. The number of Topliss-reactive ketones (excluding diaryl/α,β-unsaturated/α-hetero) is 1. The van der Waals surface area contributed by atoms with Gasteiger partial charge in [0.1, 0.15) is 5.71 Å². The van der Waals surface area contributed by atoms with Gasteiger partial charge in [-0.3, -0.25) is 9.79 Å². The maximum absolute atomic E-state index is 12.0. The monoisotopic (exact) mass is 200 g/mol. The van der Waals surface area contributed by atoms with Crippen LogP contribution in [-0.4, -0.2) is 30.6 Å². The van der Waals surface area contributed by atoms with E-state index in [1.165, 1.54) is 0 Å². The summed E-state index contributed by atoms with van der Waals surface area (Å²) in [4.78, 5) is 16.5. The number of nitrogens with one attached hydrogen (secondary N) is 1. The van der Waals surface area contributed by atoms with Gasteiger partial charge in [0.05, 0.1) is 12.0 Å². The molecular formula is C12H12N2O. The average Bonchev–Trinajstić information content (AvgIpc) is 2.83. The minimum Gasteiger partial charge on any atom is -0.314 e. The van der Waals surface area contributed by atoms with Crippen LogP contribution in [0.5, 0.6) is 0 Å². The first kappa shape index (κ1) is 8.80. The quantitative estimate of drug-likeness (QED) is 0.723. The number of fused-ring (bicyclic) bond motifs is 1. The second-order valence-corrected chi connectivity index (χ2v) is 4.04. The Labute approximate surface area is 88.2 Å². The van der Waals surface area contributed by atoms with Crippen LogP contribution in [0.3, 0.4) is 0 Å². The Bertz CT molecular complexity index is 425. The highest BCUT2D eigenvalue weighted by atomic mass is 16.1. The fourth-order valence-corrected chi connectivity index (χ4v) is 2.29.